The van der Waals surface area contributed by atoms with Crippen molar-refractivity contribution >= 4 is 11.6 Å². The molecule has 6 nitrogen and oxygen atoms in total. The molecule has 1 aliphatic rings. The van der Waals surface area contributed by atoms with Gasteiger partial charge in [0.15, 0.2) is 0 Å². The van der Waals surface area contributed by atoms with Gasteiger partial charge in [0.25, 0.3) is 0 Å². The number of hydrogen-bond acceptors (Lipinski definition) is 4. The predicted molar refractivity (Wildman–Crippen MR) is 111 cm³/mol. The minimum atomic E-state index is -0.0613. The van der Waals surface area contributed by atoms with Gasteiger partial charge < -0.3 is 10.3 Å². The number of anilines is 1. The van der Waals surface area contributed by atoms with Crippen LogP contribution in [0.1, 0.15) is 40.9 Å². The molecule has 2 aromatic carbocycles. The summed E-state index contributed by atoms with van der Waals surface area (Å²) in [4.78, 5) is 21.4. The number of imidazole rings is 1. The van der Waals surface area contributed by atoms with Crippen LogP contribution in [0.2, 0.25) is 0 Å². The Kier molecular flexibility index (Phi) is 5.41. The average Bonchev–Trinajstić information content (AvgIpc) is 3.26. The third kappa shape index (κ3) is 4.36. The molecule has 2 N–H and O–H groups in total. The van der Waals surface area contributed by atoms with Crippen molar-refractivity contribution < 1.29 is 4.79 Å². The number of carbonyl (C=O) groups excluding carboxylic acids is 1. The standard InChI is InChI=1S/C23H23N5O/c1-16(29)27-21-7-6-19-8-9-28(14-20(19)11-21)23(22-13-25-15-26-22)10-17-2-4-18(12-24)5-3-17/h2-7,11,13,15,23H,8-10,14H2,1H3,(H,25,26)(H,27,29). The Labute approximate surface area is 170 Å². The van der Waals surface area contributed by atoms with E-state index in [2.05, 4.69) is 38.4 Å². The second-order valence-corrected chi connectivity index (χ2v) is 7.42. The van der Waals surface area contributed by atoms with E-state index < -0.39 is 0 Å². The summed E-state index contributed by atoms with van der Waals surface area (Å²) in [6.45, 7) is 3.28. The highest BCUT2D eigenvalue weighted by atomic mass is 16.1. The second kappa shape index (κ2) is 8.29. The second-order valence-electron chi connectivity index (χ2n) is 7.42. The van der Waals surface area contributed by atoms with Gasteiger partial charge in [0.1, 0.15) is 0 Å². The fraction of sp³-hybridized carbons (Fsp3) is 0.261. The SMILES string of the molecule is CC(=O)Nc1ccc2c(c1)CN(C(Cc1ccc(C#N)cc1)c1cnc[nH]1)CC2. The molecular formula is C23H23N5O. The summed E-state index contributed by atoms with van der Waals surface area (Å²) in [6.07, 6.45) is 5.40. The van der Waals surface area contributed by atoms with Crippen LogP contribution in [0.4, 0.5) is 5.69 Å². The van der Waals surface area contributed by atoms with Crippen LogP contribution in [0.15, 0.2) is 55.0 Å². The molecule has 0 fully saturated rings. The average molecular weight is 385 g/mol. The number of carbonyl (C=O) groups is 1. The molecule has 1 atom stereocenters. The van der Waals surface area contributed by atoms with Gasteiger partial charge in [-0.1, -0.05) is 18.2 Å². The van der Waals surface area contributed by atoms with Crippen LogP contribution >= 0.6 is 0 Å². The van der Waals surface area contributed by atoms with E-state index in [0.717, 1.165) is 37.3 Å². The molecule has 146 valence electrons. The van der Waals surface area contributed by atoms with Gasteiger partial charge in [-0.05, 0) is 53.8 Å². The van der Waals surface area contributed by atoms with Crippen molar-refractivity contribution in [3.63, 3.8) is 0 Å². The number of amides is 1. The van der Waals surface area contributed by atoms with E-state index >= 15 is 0 Å². The van der Waals surface area contributed by atoms with E-state index in [1.807, 2.05) is 36.5 Å². The summed E-state index contributed by atoms with van der Waals surface area (Å²) >= 11 is 0. The molecular weight excluding hydrogens is 362 g/mol. The van der Waals surface area contributed by atoms with Gasteiger partial charge in [0, 0.05) is 31.9 Å². The fourth-order valence-electron chi connectivity index (χ4n) is 3.95. The van der Waals surface area contributed by atoms with Crippen LogP contribution in [0, 0.1) is 11.3 Å². The Morgan fingerprint density at radius 2 is 2.10 bits per heavy atom. The highest BCUT2D eigenvalue weighted by Crippen LogP contribution is 2.31. The van der Waals surface area contributed by atoms with E-state index in [1.54, 1.807) is 6.33 Å². The van der Waals surface area contributed by atoms with E-state index in [9.17, 15) is 4.79 Å². The number of nitriles is 1. The zero-order valence-corrected chi connectivity index (χ0v) is 16.4. The first-order valence-corrected chi connectivity index (χ1v) is 9.73. The number of aromatic amines is 1. The van der Waals surface area contributed by atoms with E-state index in [-0.39, 0.29) is 11.9 Å². The van der Waals surface area contributed by atoms with Crippen molar-refractivity contribution in [1.29, 1.82) is 5.26 Å². The summed E-state index contributed by atoms with van der Waals surface area (Å²) in [7, 11) is 0. The summed E-state index contributed by atoms with van der Waals surface area (Å²) in [5, 5.41) is 11.9. The number of fused-ring (bicyclic) bond motifs is 1. The Morgan fingerprint density at radius 3 is 2.79 bits per heavy atom. The molecule has 1 aliphatic heterocycles. The van der Waals surface area contributed by atoms with Crippen LogP contribution in [-0.2, 0) is 24.2 Å². The summed E-state index contributed by atoms with van der Waals surface area (Å²) in [6, 6.07) is 16.3. The molecule has 0 bridgehead atoms. The third-order valence-electron chi connectivity index (χ3n) is 5.40. The minimum absolute atomic E-state index is 0.0613. The zero-order chi connectivity index (χ0) is 20.2. The quantitative estimate of drug-likeness (QED) is 0.703. The van der Waals surface area contributed by atoms with Gasteiger partial charge in [0.05, 0.1) is 29.7 Å². The molecule has 1 amide bonds. The number of H-pyrrole nitrogens is 1. The highest BCUT2D eigenvalue weighted by molar-refractivity contribution is 5.88. The molecule has 0 spiro atoms. The molecule has 4 rings (SSSR count). The molecule has 0 saturated carbocycles. The maximum atomic E-state index is 11.4. The summed E-state index contributed by atoms with van der Waals surface area (Å²) in [5.74, 6) is -0.0613. The monoisotopic (exact) mass is 385 g/mol. The topological polar surface area (TPSA) is 84.8 Å². The van der Waals surface area contributed by atoms with E-state index in [0.29, 0.717) is 5.56 Å². The van der Waals surface area contributed by atoms with Crippen molar-refractivity contribution in [3.05, 3.63) is 82.9 Å². The maximum absolute atomic E-state index is 11.4. The van der Waals surface area contributed by atoms with Crippen molar-refractivity contribution in [2.75, 3.05) is 11.9 Å². The first kappa shape index (κ1) is 18.9. The molecule has 29 heavy (non-hydrogen) atoms. The Hall–Kier alpha value is -3.43. The lowest BCUT2D eigenvalue weighted by Crippen LogP contribution is -2.35. The van der Waals surface area contributed by atoms with Crippen LogP contribution in [0.3, 0.4) is 0 Å². The van der Waals surface area contributed by atoms with Crippen LogP contribution in [-0.4, -0.2) is 27.3 Å². The van der Waals surface area contributed by atoms with Crippen molar-refractivity contribution in [2.24, 2.45) is 0 Å². The molecule has 0 aliphatic carbocycles. The van der Waals surface area contributed by atoms with Crippen LogP contribution < -0.4 is 5.32 Å². The smallest absolute Gasteiger partial charge is 0.221 e. The number of hydrogen-bond donors (Lipinski definition) is 2. The van der Waals surface area contributed by atoms with Crippen LogP contribution in [0.25, 0.3) is 0 Å². The normalized spacial score (nSPS) is 14.6. The van der Waals surface area contributed by atoms with E-state index in [1.165, 1.54) is 23.6 Å². The van der Waals surface area contributed by atoms with Gasteiger partial charge in [-0.3, -0.25) is 9.69 Å². The molecule has 1 unspecified atom stereocenters. The number of aromatic nitrogens is 2. The molecule has 2 heterocycles. The Bertz CT molecular complexity index is 1030. The lowest BCUT2D eigenvalue weighted by atomic mass is 9.94. The lowest BCUT2D eigenvalue weighted by Gasteiger charge is -2.35. The zero-order valence-electron chi connectivity index (χ0n) is 16.4. The highest BCUT2D eigenvalue weighted by Gasteiger charge is 2.26. The number of rotatable bonds is 5. The molecule has 0 saturated heterocycles. The molecule has 6 heteroatoms. The van der Waals surface area contributed by atoms with Gasteiger partial charge in [0.2, 0.25) is 5.91 Å². The minimum Gasteiger partial charge on any atom is -0.347 e. The van der Waals surface area contributed by atoms with Crippen molar-refractivity contribution in [2.45, 2.75) is 32.4 Å². The molecule has 3 aromatic rings. The van der Waals surface area contributed by atoms with Crippen molar-refractivity contribution in [1.82, 2.24) is 14.9 Å². The van der Waals surface area contributed by atoms with Crippen LogP contribution in [0.5, 0.6) is 0 Å². The summed E-state index contributed by atoms with van der Waals surface area (Å²) in [5.41, 5.74) is 6.34. The molecule has 0 radical (unpaired) electrons. The lowest BCUT2D eigenvalue weighted by molar-refractivity contribution is -0.114. The maximum Gasteiger partial charge on any atom is 0.221 e. The van der Waals surface area contributed by atoms with Gasteiger partial charge >= 0.3 is 0 Å². The number of nitrogens with zero attached hydrogens (tertiary/aromatic N) is 3. The van der Waals surface area contributed by atoms with Gasteiger partial charge in [-0.15, -0.1) is 0 Å². The Balaban J connectivity index is 1.59. The molecule has 1 aromatic heterocycles. The van der Waals surface area contributed by atoms with Crippen molar-refractivity contribution in [3.8, 4) is 6.07 Å². The largest absolute Gasteiger partial charge is 0.347 e. The Morgan fingerprint density at radius 1 is 1.28 bits per heavy atom. The van der Waals surface area contributed by atoms with Gasteiger partial charge in [-0.2, -0.15) is 5.26 Å². The summed E-state index contributed by atoms with van der Waals surface area (Å²) < 4.78 is 0. The third-order valence-corrected chi connectivity index (χ3v) is 5.40. The first-order valence-electron chi connectivity index (χ1n) is 9.73. The number of nitrogens with one attached hydrogen (secondary N) is 2. The first-order chi connectivity index (χ1) is 14.1. The van der Waals surface area contributed by atoms with E-state index in [4.69, 9.17) is 5.26 Å². The number of benzene rings is 2. The fourth-order valence-corrected chi connectivity index (χ4v) is 3.95. The van der Waals surface area contributed by atoms with Gasteiger partial charge in [-0.25, -0.2) is 4.98 Å². The predicted octanol–water partition coefficient (Wildman–Crippen LogP) is 3.58.